The third-order valence-corrected chi connectivity index (χ3v) is 6.36. The largest absolute Gasteiger partial charge is 0.310 e. The van der Waals surface area contributed by atoms with Gasteiger partial charge in [0.15, 0.2) is 9.84 Å². The Labute approximate surface area is 126 Å². The quantitative estimate of drug-likeness (QED) is 0.712. The molecule has 1 saturated carbocycles. The first kappa shape index (κ1) is 15.9. The van der Waals surface area contributed by atoms with Gasteiger partial charge in [0.1, 0.15) is 0 Å². The van der Waals surface area contributed by atoms with Crippen LogP contribution in [0, 0.1) is 0 Å². The molecule has 0 spiro atoms. The fraction of sp³-hybridized carbons (Fsp3) is 0.600. The zero-order valence-corrected chi connectivity index (χ0v) is 13.6. The molecule has 1 N–H and O–H groups in total. The van der Waals surface area contributed by atoms with Gasteiger partial charge in [0.05, 0.1) is 5.75 Å². The van der Waals surface area contributed by atoms with Crippen molar-refractivity contribution >= 4 is 21.6 Å². The van der Waals surface area contributed by atoms with Crippen molar-refractivity contribution < 1.29 is 8.42 Å². The first-order valence-corrected chi connectivity index (χ1v) is 10.1. The van der Waals surface area contributed by atoms with E-state index in [0.29, 0.717) is 24.0 Å². The summed E-state index contributed by atoms with van der Waals surface area (Å²) < 4.78 is 23.3. The van der Waals surface area contributed by atoms with E-state index in [-0.39, 0.29) is 5.75 Å². The molecule has 0 unspecified atom stereocenters. The lowest BCUT2D eigenvalue weighted by molar-refractivity contribution is 0.596. The average molecular weight is 313 g/mol. The fourth-order valence-corrected chi connectivity index (χ4v) is 4.81. The Bertz CT molecular complexity index is 524. The highest BCUT2D eigenvalue weighted by atomic mass is 32.2. The van der Waals surface area contributed by atoms with Crippen LogP contribution in [-0.2, 0) is 16.4 Å². The molecule has 0 heterocycles. The number of hydrogen-bond acceptors (Lipinski definition) is 4. The number of nitrogens with one attached hydrogen (secondary N) is 1. The molecular formula is C15H23NO2S2. The highest BCUT2D eigenvalue weighted by Crippen LogP contribution is 2.22. The Balaban J connectivity index is 1.78. The van der Waals surface area contributed by atoms with Crippen molar-refractivity contribution in [2.45, 2.75) is 43.7 Å². The maximum absolute atomic E-state index is 11.6. The third kappa shape index (κ3) is 5.85. The Kier molecular flexibility index (Phi) is 5.93. The summed E-state index contributed by atoms with van der Waals surface area (Å²) in [7, 11) is -2.86. The Morgan fingerprint density at radius 3 is 2.80 bits per heavy atom. The maximum Gasteiger partial charge on any atom is 0.151 e. The van der Waals surface area contributed by atoms with Gasteiger partial charge in [-0.3, -0.25) is 0 Å². The molecule has 1 aromatic rings. The molecule has 1 aromatic carbocycles. The van der Waals surface area contributed by atoms with E-state index in [1.807, 2.05) is 13.0 Å². The minimum absolute atomic E-state index is 0.274. The number of benzene rings is 1. The summed E-state index contributed by atoms with van der Waals surface area (Å²) in [4.78, 5) is 1.16. The minimum Gasteiger partial charge on any atom is -0.310 e. The van der Waals surface area contributed by atoms with Crippen LogP contribution in [0.3, 0.4) is 0 Å². The molecule has 0 saturated heterocycles. The van der Waals surface area contributed by atoms with Gasteiger partial charge in [0.2, 0.25) is 0 Å². The molecule has 20 heavy (non-hydrogen) atoms. The zero-order chi connectivity index (χ0) is 14.4. The molecule has 0 bridgehead atoms. The first-order valence-electron chi connectivity index (χ1n) is 7.24. The summed E-state index contributed by atoms with van der Waals surface area (Å²) in [6.45, 7) is 2.81. The van der Waals surface area contributed by atoms with E-state index in [1.165, 1.54) is 18.4 Å². The molecule has 0 atom stereocenters. The van der Waals surface area contributed by atoms with E-state index in [1.54, 1.807) is 11.8 Å². The van der Waals surface area contributed by atoms with Gasteiger partial charge in [-0.15, -0.1) is 11.8 Å². The van der Waals surface area contributed by atoms with E-state index >= 15 is 0 Å². The molecule has 1 aliphatic carbocycles. The van der Waals surface area contributed by atoms with Crippen LogP contribution in [-0.4, -0.2) is 31.7 Å². The van der Waals surface area contributed by atoms with Crippen molar-refractivity contribution in [3.8, 4) is 0 Å². The van der Waals surface area contributed by atoms with E-state index in [0.717, 1.165) is 11.4 Å². The van der Waals surface area contributed by atoms with Crippen LogP contribution < -0.4 is 5.32 Å². The summed E-state index contributed by atoms with van der Waals surface area (Å²) >= 11 is 1.63. The van der Waals surface area contributed by atoms with Gasteiger partial charge >= 0.3 is 0 Å². The molecule has 0 aromatic heterocycles. The number of sulfone groups is 1. The standard InChI is InChI=1S/C15H23NO2S2/c1-2-9-20(17,18)10-8-19-15-5-3-4-13(11-15)12-16-14-6-7-14/h3-5,11,14,16H,2,6-10,12H2,1H3. The molecule has 3 nitrogen and oxygen atoms in total. The second kappa shape index (κ2) is 7.48. The van der Waals surface area contributed by atoms with Crippen molar-refractivity contribution in [3.63, 3.8) is 0 Å². The highest BCUT2D eigenvalue weighted by molar-refractivity contribution is 8.00. The smallest absolute Gasteiger partial charge is 0.151 e. The average Bonchev–Trinajstić information content (AvgIpc) is 3.20. The van der Waals surface area contributed by atoms with Crippen molar-refractivity contribution in [2.75, 3.05) is 17.3 Å². The summed E-state index contributed by atoms with van der Waals surface area (Å²) in [5.74, 6) is 1.22. The van der Waals surface area contributed by atoms with E-state index in [4.69, 9.17) is 0 Å². The SMILES string of the molecule is CCCS(=O)(=O)CCSc1cccc(CNC2CC2)c1. The van der Waals surface area contributed by atoms with Crippen molar-refractivity contribution in [3.05, 3.63) is 29.8 Å². The number of rotatable bonds is 9. The molecule has 112 valence electrons. The lowest BCUT2D eigenvalue weighted by Gasteiger charge is -2.06. The van der Waals surface area contributed by atoms with Gasteiger partial charge in [-0.1, -0.05) is 19.1 Å². The molecule has 1 fully saturated rings. The molecule has 5 heteroatoms. The predicted octanol–water partition coefficient (Wildman–Crippen LogP) is 2.86. The van der Waals surface area contributed by atoms with Crippen LogP contribution in [0.4, 0.5) is 0 Å². The van der Waals surface area contributed by atoms with Crippen LogP contribution in [0.15, 0.2) is 29.2 Å². The molecule has 1 aliphatic rings. The fourth-order valence-electron chi connectivity index (χ4n) is 1.99. The van der Waals surface area contributed by atoms with Gasteiger partial charge < -0.3 is 5.32 Å². The van der Waals surface area contributed by atoms with Crippen LogP contribution in [0.2, 0.25) is 0 Å². The first-order chi connectivity index (χ1) is 9.59. The summed E-state index contributed by atoms with van der Waals surface area (Å²) in [5.41, 5.74) is 1.28. The molecule has 2 rings (SSSR count). The van der Waals surface area contributed by atoms with Gasteiger partial charge in [-0.05, 0) is 37.0 Å². The zero-order valence-electron chi connectivity index (χ0n) is 12.0. The number of hydrogen-bond donors (Lipinski definition) is 1. The number of thioether (sulfide) groups is 1. The van der Waals surface area contributed by atoms with Crippen LogP contribution in [0.25, 0.3) is 0 Å². The van der Waals surface area contributed by atoms with Crippen LogP contribution in [0.5, 0.6) is 0 Å². The van der Waals surface area contributed by atoms with Crippen molar-refractivity contribution in [2.24, 2.45) is 0 Å². The Hall–Kier alpha value is -0.520. The summed E-state index contributed by atoms with van der Waals surface area (Å²) in [6.07, 6.45) is 3.29. The van der Waals surface area contributed by atoms with Crippen molar-refractivity contribution in [1.29, 1.82) is 0 Å². The Morgan fingerprint density at radius 2 is 2.10 bits per heavy atom. The van der Waals surface area contributed by atoms with Gasteiger partial charge in [-0.25, -0.2) is 8.42 Å². The summed E-state index contributed by atoms with van der Waals surface area (Å²) in [6, 6.07) is 9.09. The minimum atomic E-state index is -2.86. The van der Waals surface area contributed by atoms with Crippen molar-refractivity contribution in [1.82, 2.24) is 5.32 Å². The predicted molar refractivity (Wildman–Crippen MR) is 86.0 cm³/mol. The van der Waals surface area contributed by atoms with Gasteiger partial charge in [0.25, 0.3) is 0 Å². The van der Waals surface area contributed by atoms with E-state index < -0.39 is 9.84 Å². The summed E-state index contributed by atoms with van der Waals surface area (Å²) in [5, 5.41) is 3.49. The van der Waals surface area contributed by atoms with E-state index in [9.17, 15) is 8.42 Å². The van der Waals surface area contributed by atoms with Gasteiger partial charge in [0, 0.05) is 29.0 Å². The second-order valence-corrected chi connectivity index (χ2v) is 8.77. The monoisotopic (exact) mass is 313 g/mol. The lowest BCUT2D eigenvalue weighted by atomic mass is 10.2. The third-order valence-electron chi connectivity index (χ3n) is 3.25. The molecule has 0 radical (unpaired) electrons. The highest BCUT2D eigenvalue weighted by Gasteiger charge is 2.19. The Morgan fingerprint density at radius 1 is 1.30 bits per heavy atom. The molecule has 0 amide bonds. The van der Waals surface area contributed by atoms with E-state index in [2.05, 4.69) is 23.5 Å². The normalized spacial score (nSPS) is 15.4. The van der Waals surface area contributed by atoms with Crippen LogP contribution in [0.1, 0.15) is 31.7 Å². The topological polar surface area (TPSA) is 46.2 Å². The second-order valence-electron chi connectivity index (χ2n) is 5.30. The molecule has 0 aliphatic heterocycles. The van der Waals surface area contributed by atoms with Crippen LogP contribution >= 0.6 is 11.8 Å². The lowest BCUT2D eigenvalue weighted by Crippen LogP contribution is -2.15. The molecular weight excluding hydrogens is 290 g/mol. The maximum atomic E-state index is 11.6. The van der Waals surface area contributed by atoms with Gasteiger partial charge in [-0.2, -0.15) is 0 Å².